The molecule has 0 heterocycles. The molecule has 4 atom stereocenters. The van der Waals surface area contributed by atoms with Gasteiger partial charge in [-0.2, -0.15) is 0 Å². The van der Waals surface area contributed by atoms with E-state index in [2.05, 4.69) is 27.0 Å². The van der Waals surface area contributed by atoms with Crippen molar-refractivity contribution in [3.05, 3.63) is 70.2 Å². The number of amides is 3. The second kappa shape index (κ2) is 14.7. The van der Waals surface area contributed by atoms with E-state index in [1.54, 1.807) is 31.2 Å². The van der Waals surface area contributed by atoms with Crippen molar-refractivity contribution in [1.82, 2.24) is 16.0 Å². The molecule has 10 heteroatoms. The van der Waals surface area contributed by atoms with Gasteiger partial charge in [-0.25, -0.2) is 4.99 Å². The first-order valence-corrected chi connectivity index (χ1v) is 14.2. The first kappa shape index (κ1) is 30.9. The molecular weight excluding hydrogens is 528 g/mol. The summed E-state index contributed by atoms with van der Waals surface area (Å²) in [4.78, 5) is 43.2. The minimum atomic E-state index is -0.842. The summed E-state index contributed by atoms with van der Waals surface area (Å²) in [5, 5.41) is 9.48. The van der Waals surface area contributed by atoms with Gasteiger partial charge < -0.3 is 27.4 Å². The Kier molecular flexibility index (Phi) is 11.4. The molecule has 0 unspecified atom stereocenters. The molecule has 1 aliphatic carbocycles. The summed E-state index contributed by atoms with van der Waals surface area (Å²) in [6, 6.07) is 13.0. The van der Waals surface area contributed by atoms with Crippen LogP contribution < -0.4 is 27.4 Å². The van der Waals surface area contributed by atoms with Crippen molar-refractivity contribution < 1.29 is 14.4 Å². The Labute approximate surface area is 241 Å². The molecule has 2 aromatic carbocycles. The number of nitrogens with two attached hydrogens (primary N) is 2. The Morgan fingerprint density at radius 1 is 0.975 bits per heavy atom. The van der Waals surface area contributed by atoms with E-state index < -0.39 is 23.9 Å². The smallest absolute Gasteiger partial charge is 0.251 e. The van der Waals surface area contributed by atoms with E-state index in [9.17, 15) is 14.4 Å². The molecule has 0 bridgehead atoms. The molecular formula is C30H41ClN6O3. The summed E-state index contributed by atoms with van der Waals surface area (Å²) in [7, 11) is 0. The number of carbonyl (C=O) groups is 3. The molecule has 40 heavy (non-hydrogen) atoms. The van der Waals surface area contributed by atoms with E-state index >= 15 is 0 Å². The highest BCUT2D eigenvalue weighted by Crippen LogP contribution is 2.34. The number of aliphatic imine (C=N–C) groups is 1. The predicted octanol–water partition coefficient (Wildman–Crippen LogP) is 3.61. The summed E-state index contributed by atoms with van der Waals surface area (Å²) in [5.74, 6) is -0.702. The molecule has 3 rings (SSSR count). The summed E-state index contributed by atoms with van der Waals surface area (Å²) in [6.07, 6.45) is 4.42. The second-order valence-electron chi connectivity index (χ2n) is 10.9. The fourth-order valence-electron chi connectivity index (χ4n) is 5.01. The lowest BCUT2D eigenvalue weighted by molar-refractivity contribution is -0.130. The monoisotopic (exact) mass is 568 g/mol. The third kappa shape index (κ3) is 9.26. The zero-order valence-corrected chi connectivity index (χ0v) is 24.2. The molecule has 0 aliphatic heterocycles. The van der Waals surface area contributed by atoms with Gasteiger partial charge in [0.1, 0.15) is 12.1 Å². The van der Waals surface area contributed by atoms with Gasteiger partial charge in [-0.05, 0) is 67.5 Å². The van der Waals surface area contributed by atoms with Crippen LogP contribution in [0.15, 0.2) is 53.5 Å². The minimum Gasteiger partial charge on any atom is -0.370 e. The van der Waals surface area contributed by atoms with Crippen molar-refractivity contribution in [1.29, 1.82) is 0 Å². The zero-order chi connectivity index (χ0) is 29.2. The maximum absolute atomic E-state index is 13.5. The van der Waals surface area contributed by atoms with Gasteiger partial charge in [0.15, 0.2) is 5.96 Å². The largest absolute Gasteiger partial charge is 0.370 e. The van der Waals surface area contributed by atoms with Crippen molar-refractivity contribution >= 4 is 35.3 Å². The van der Waals surface area contributed by atoms with Crippen molar-refractivity contribution in [2.45, 2.75) is 83.5 Å². The predicted molar refractivity (Wildman–Crippen MR) is 159 cm³/mol. The Morgan fingerprint density at radius 3 is 2.33 bits per heavy atom. The van der Waals surface area contributed by atoms with Crippen LogP contribution in [0.3, 0.4) is 0 Å². The topological polar surface area (TPSA) is 152 Å². The standard InChI is InChI=1S/C30H41ClN6O3/c1-18(2)15-26(29(40)36-25-10-5-4-9-24(25)22-7-6-8-23(31)16-22)37-27(38)19(3)35-28(39)21-13-11-20(12-14-21)17-34-30(32)33/h6-8,11-14,16,18-19,24-26H,4-5,9-10,15,17H2,1-3H3,(H,35,39)(H,36,40)(H,37,38)(H4,32,33,34)/t19-,24+,25-,26+/m1/s1. The van der Waals surface area contributed by atoms with Crippen LogP contribution in [-0.2, 0) is 16.1 Å². The van der Waals surface area contributed by atoms with Crippen molar-refractivity contribution in [3.8, 4) is 0 Å². The molecule has 7 N–H and O–H groups in total. The first-order chi connectivity index (χ1) is 19.0. The molecule has 216 valence electrons. The quantitative estimate of drug-likeness (QED) is 0.207. The lowest BCUT2D eigenvalue weighted by atomic mass is 9.80. The zero-order valence-electron chi connectivity index (χ0n) is 23.5. The number of halogens is 1. The molecule has 1 fully saturated rings. The number of guanidine groups is 1. The SMILES string of the molecule is CC(C)C[C@H](NC(=O)[C@@H](C)NC(=O)c1ccc(CN=C(N)N)cc1)C(=O)N[C@@H]1CCCC[C@H]1c1cccc(Cl)c1. The molecule has 1 saturated carbocycles. The van der Waals surface area contributed by atoms with Crippen LogP contribution in [-0.4, -0.2) is 41.8 Å². The Hall–Kier alpha value is -3.59. The Bertz CT molecular complexity index is 1200. The molecule has 0 radical (unpaired) electrons. The van der Waals surface area contributed by atoms with Crippen LogP contribution in [0.5, 0.6) is 0 Å². The van der Waals surface area contributed by atoms with Crippen LogP contribution in [0.1, 0.15) is 80.3 Å². The number of nitrogens with zero attached hydrogens (tertiary/aromatic N) is 1. The minimum absolute atomic E-state index is 0.00854. The Balaban J connectivity index is 1.62. The summed E-state index contributed by atoms with van der Waals surface area (Å²) < 4.78 is 0. The van der Waals surface area contributed by atoms with Gasteiger partial charge in [-0.1, -0.05) is 62.6 Å². The lowest BCUT2D eigenvalue weighted by Crippen LogP contribution is -2.55. The number of rotatable bonds is 11. The van der Waals surface area contributed by atoms with Gasteiger partial charge in [0.05, 0.1) is 6.54 Å². The molecule has 3 amide bonds. The Morgan fingerprint density at radius 2 is 1.68 bits per heavy atom. The van der Waals surface area contributed by atoms with Crippen molar-refractivity contribution in [2.24, 2.45) is 22.4 Å². The summed E-state index contributed by atoms with van der Waals surface area (Å²) in [5.41, 5.74) is 13.1. The first-order valence-electron chi connectivity index (χ1n) is 13.8. The number of hydrogen-bond acceptors (Lipinski definition) is 4. The van der Waals surface area contributed by atoms with Gasteiger partial charge in [-0.15, -0.1) is 0 Å². The summed E-state index contributed by atoms with van der Waals surface area (Å²) in [6.45, 7) is 5.91. The molecule has 2 aromatic rings. The third-order valence-corrected chi connectivity index (χ3v) is 7.35. The van der Waals surface area contributed by atoms with E-state index in [0.717, 1.165) is 36.8 Å². The number of nitrogens with one attached hydrogen (secondary N) is 3. The molecule has 1 aliphatic rings. The van der Waals surface area contributed by atoms with Crippen LogP contribution in [0.25, 0.3) is 0 Å². The van der Waals surface area contributed by atoms with E-state index in [-0.39, 0.29) is 29.7 Å². The summed E-state index contributed by atoms with van der Waals surface area (Å²) >= 11 is 6.24. The molecule has 0 saturated heterocycles. The van der Waals surface area contributed by atoms with E-state index in [1.165, 1.54) is 0 Å². The third-order valence-electron chi connectivity index (χ3n) is 7.11. The fourth-order valence-corrected chi connectivity index (χ4v) is 5.21. The van der Waals surface area contributed by atoms with Gasteiger partial charge in [-0.3, -0.25) is 14.4 Å². The molecule has 9 nitrogen and oxygen atoms in total. The maximum Gasteiger partial charge on any atom is 0.251 e. The highest BCUT2D eigenvalue weighted by Gasteiger charge is 2.31. The molecule has 0 spiro atoms. The second-order valence-corrected chi connectivity index (χ2v) is 11.3. The van der Waals surface area contributed by atoms with Crippen LogP contribution in [0, 0.1) is 5.92 Å². The fraction of sp³-hybridized carbons (Fsp3) is 0.467. The lowest BCUT2D eigenvalue weighted by Gasteiger charge is -2.34. The normalized spacial score (nSPS) is 18.3. The molecule has 0 aromatic heterocycles. The van der Waals surface area contributed by atoms with E-state index in [0.29, 0.717) is 23.6 Å². The average Bonchev–Trinajstić information content (AvgIpc) is 2.91. The van der Waals surface area contributed by atoms with Gasteiger partial charge in [0.25, 0.3) is 5.91 Å². The van der Waals surface area contributed by atoms with Crippen LogP contribution in [0.2, 0.25) is 5.02 Å². The average molecular weight is 569 g/mol. The number of benzene rings is 2. The van der Waals surface area contributed by atoms with E-state index in [4.69, 9.17) is 23.1 Å². The van der Waals surface area contributed by atoms with Gasteiger partial charge in [0.2, 0.25) is 11.8 Å². The highest BCUT2D eigenvalue weighted by molar-refractivity contribution is 6.30. The number of hydrogen-bond donors (Lipinski definition) is 5. The maximum atomic E-state index is 13.5. The highest BCUT2D eigenvalue weighted by atomic mass is 35.5. The van der Waals surface area contributed by atoms with Gasteiger partial charge in [0, 0.05) is 22.5 Å². The van der Waals surface area contributed by atoms with Gasteiger partial charge >= 0.3 is 0 Å². The van der Waals surface area contributed by atoms with Crippen molar-refractivity contribution in [2.75, 3.05) is 0 Å². The van der Waals surface area contributed by atoms with Crippen LogP contribution >= 0.6 is 11.6 Å². The van der Waals surface area contributed by atoms with E-state index in [1.807, 2.05) is 32.0 Å². The van der Waals surface area contributed by atoms with Crippen LogP contribution in [0.4, 0.5) is 0 Å². The van der Waals surface area contributed by atoms with Crippen molar-refractivity contribution in [3.63, 3.8) is 0 Å². The number of carbonyl (C=O) groups excluding carboxylic acids is 3.